The molecule has 0 saturated carbocycles. The zero-order chi connectivity index (χ0) is 7.70. The summed E-state index contributed by atoms with van der Waals surface area (Å²) in [7, 11) is 0. The van der Waals surface area contributed by atoms with Gasteiger partial charge in [-0.2, -0.15) is 0 Å². The average Bonchev–Trinajstić information content (AvgIpc) is 1.93. The Kier molecular flexibility index (Phi) is 26.4. The lowest BCUT2D eigenvalue weighted by molar-refractivity contribution is 0.159. The monoisotopic (exact) mass is 148 g/mol. The van der Waals surface area contributed by atoms with Crippen LogP contribution in [0.5, 0.6) is 0 Å². The maximum atomic E-state index is 8.86. The van der Waals surface area contributed by atoms with Crippen LogP contribution in [0, 0.1) is 0 Å². The van der Waals surface area contributed by atoms with E-state index in [1.165, 1.54) is 0 Å². The smallest absolute Gasteiger partial charge is 0.0537 e. The van der Waals surface area contributed by atoms with Gasteiger partial charge in [0.1, 0.15) is 0 Å². The molecular formula is C9H24O. The summed E-state index contributed by atoms with van der Waals surface area (Å²) in [6.45, 7) is 8.08. The Bertz CT molecular complexity index is 35.7. The van der Waals surface area contributed by atoms with Crippen LogP contribution in [0.1, 0.15) is 54.4 Å². The van der Waals surface area contributed by atoms with Crippen molar-refractivity contribution in [2.45, 2.75) is 60.5 Å². The van der Waals surface area contributed by atoms with E-state index in [0.29, 0.717) is 0 Å². The zero-order valence-corrected chi connectivity index (χ0v) is 7.15. The lowest BCUT2D eigenvalue weighted by Gasteiger charge is -2.01. The van der Waals surface area contributed by atoms with E-state index in [9.17, 15) is 0 Å². The van der Waals surface area contributed by atoms with Crippen molar-refractivity contribution < 1.29 is 5.11 Å². The van der Waals surface area contributed by atoms with Gasteiger partial charge in [-0.3, -0.25) is 0 Å². The van der Waals surface area contributed by atoms with Crippen molar-refractivity contribution in [1.29, 1.82) is 0 Å². The summed E-state index contributed by atoms with van der Waals surface area (Å²) in [6, 6.07) is 0. The van der Waals surface area contributed by atoms with E-state index in [-0.39, 0.29) is 13.5 Å². The molecular weight excluding hydrogens is 124 g/mol. The minimum absolute atomic E-state index is 0. The Balaban J connectivity index is -0.000000149. The minimum atomic E-state index is -0.0509. The van der Waals surface area contributed by atoms with Crippen LogP contribution in [0.3, 0.4) is 0 Å². The molecule has 0 aromatic rings. The minimum Gasteiger partial charge on any atom is -0.393 e. The number of aliphatic hydroxyl groups excluding tert-OH is 1. The molecule has 66 valence electrons. The molecule has 0 fully saturated rings. The van der Waals surface area contributed by atoms with Crippen molar-refractivity contribution in [3.8, 4) is 0 Å². The highest BCUT2D eigenvalue weighted by molar-refractivity contribution is 4.47. The van der Waals surface area contributed by atoms with Crippen LogP contribution in [-0.4, -0.2) is 11.2 Å². The van der Waals surface area contributed by atoms with Crippen molar-refractivity contribution >= 4 is 0 Å². The molecule has 1 unspecified atom stereocenters. The highest BCUT2D eigenvalue weighted by Crippen LogP contribution is 1.98. The van der Waals surface area contributed by atoms with Crippen LogP contribution < -0.4 is 0 Å². The molecule has 1 nitrogen and oxygen atoms in total. The van der Waals surface area contributed by atoms with Crippen LogP contribution >= 0.6 is 0 Å². The molecule has 1 heteroatoms. The normalized spacial score (nSPS) is 10.5. The van der Waals surface area contributed by atoms with Gasteiger partial charge >= 0.3 is 0 Å². The van der Waals surface area contributed by atoms with Gasteiger partial charge in [-0.05, 0) is 12.8 Å². The van der Waals surface area contributed by atoms with Crippen molar-refractivity contribution in [2.24, 2.45) is 0 Å². The SMILES string of the molecule is C.CC.CCCC(O)CC. The number of rotatable bonds is 3. The van der Waals surface area contributed by atoms with E-state index in [2.05, 4.69) is 6.92 Å². The lowest BCUT2D eigenvalue weighted by Crippen LogP contribution is -2.01. The van der Waals surface area contributed by atoms with Gasteiger partial charge in [0.25, 0.3) is 0 Å². The average molecular weight is 148 g/mol. The summed E-state index contributed by atoms with van der Waals surface area (Å²) in [4.78, 5) is 0. The second kappa shape index (κ2) is 16.0. The fourth-order valence-corrected chi connectivity index (χ4v) is 0.537. The van der Waals surface area contributed by atoms with Crippen LogP contribution in [0.2, 0.25) is 0 Å². The van der Waals surface area contributed by atoms with Gasteiger partial charge in [-0.15, -0.1) is 0 Å². The van der Waals surface area contributed by atoms with E-state index in [0.717, 1.165) is 19.3 Å². The number of hydrogen-bond donors (Lipinski definition) is 1. The van der Waals surface area contributed by atoms with Gasteiger partial charge in [0.05, 0.1) is 6.10 Å². The summed E-state index contributed by atoms with van der Waals surface area (Å²) in [5.74, 6) is 0. The van der Waals surface area contributed by atoms with Crippen molar-refractivity contribution in [3.63, 3.8) is 0 Å². The van der Waals surface area contributed by atoms with Crippen LogP contribution in [0.4, 0.5) is 0 Å². The van der Waals surface area contributed by atoms with Crippen molar-refractivity contribution in [2.75, 3.05) is 0 Å². The number of hydrogen-bond acceptors (Lipinski definition) is 1. The predicted octanol–water partition coefficient (Wildman–Crippen LogP) is 3.22. The molecule has 0 saturated heterocycles. The summed E-state index contributed by atoms with van der Waals surface area (Å²) >= 11 is 0. The predicted molar refractivity (Wildman–Crippen MR) is 49.3 cm³/mol. The van der Waals surface area contributed by atoms with Gasteiger partial charge in [-0.25, -0.2) is 0 Å². The topological polar surface area (TPSA) is 20.2 Å². The Morgan fingerprint density at radius 2 is 1.60 bits per heavy atom. The molecule has 0 rings (SSSR count). The fraction of sp³-hybridized carbons (Fsp3) is 1.00. The molecule has 0 aliphatic rings. The molecule has 1 N–H and O–H groups in total. The van der Waals surface area contributed by atoms with Crippen molar-refractivity contribution in [1.82, 2.24) is 0 Å². The van der Waals surface area contributed by atoms with Gasteiger partial charge in [0, 0.05) is 0 Å². The summed E-state index contributed by atoms with van der Waals surface area (Å²) in [6.07, 6.45) is 2.89. The van der Waals surface area contributed by atoms with Gasteiger partial charge in [0.15, 0.2) is 0 Å². The first-order valence-corrected chi connectivity index (χ1v) is 3.99. The molecule has 0 aromatic carbocycles. The largest absolute Gasteiger partial charge is 0.393 e. The highest BCUT2D eigenvalue weighted by Gasteiger charge is 1.94. The van der Waals surface area contributed by atoms with Crippen LogP contribution in [0.25, 0.3) is 0 Å². The number of aliphatic hydroxyl groups is 1. The lowest BCUT2D eigenvalue weighted by atomic mass is 10.2. The Labute approximate surface area is 66.5 Å². The van der Waals surface area contributed by atoms with E-state index < -0.39 is 0 Å². The molecule has 0 amide bonds. The highest BCUT2D eigenvalue weighted by atomic mass is 16.3. The van der Waals surface area contributed by atoms with E-state index in [4.69, 9.17) is 5.11 Å². The molecule has 0 bridgehead atoms. The van der Waals surface area contributed by atoms with Crippen LogP contribution in [-0.2, 0) is 0 Å². The second-order valence-corrected chi connectivity index (χ2v) is 1.85. The summed E-state index contributed by atoms with van der Waals surface area (Å²) < 4.78 is 0. The Hall–Kier alpha value is -0.0400. The van der Waals surface area contributed by atoms with E-state index in [1.807, 2.05) is 20.8 Å². The molecule has 0 spiro atoms. The first-order chi connectivity index (χ1) is 4.31. The Morgan fingerprint density at radius 3 is 1.70 bits per heavy atom. The van der Waals surface area contributed by atoms with Crippen LogP contribution in [0.15, 0.2) is 0 Å². The van der Waals surface area contributed by atoms with Gasteiger partial charge in [-0.1, -0.05) is 41.5 Å². The van der Waals surface area contributed by atoms with E-state index >= 15 is 0 Å². The maximum Gasteiger partial charge on any atom is 0.0537 e. The van der Waals surface area contributed by atoms with Crippen molar-refractivity contribution in [3.05, 3.63) is 0 Å². The quantitative estimate of drug-likeness (QED) is 0.651. The van der Waals surface area contributed by atoms with Gasteiger partial charge in [0.2, 0.25) is 0 Å². The first kappa shape index (κ1) is 16.5. The van der Waals surface area contributed by atoms with E-state index in [1.54, 1.807) is 0 Å². The van der Waals surface area contributed by atoms with Gasteiger partial charge < -0.3 is 5.11 Å². The zero-order valence-electron chi connectivity index (χ0n) is 7.15. The molecule has 0 aliphatic carbocycles. The molecule has 1 atom stereocenters. The molecule has 0 radical (unpaired) electrons. The third-order valence-corrected chi connectivity index (χ3v) is 1.09. The summed E-state index contributed by atoms with van der Waals surface area (Å²) in [5.41, 5.74) is 0. The molecule has 0 aliphatic heterocycles. The third kappa shape index (κ3) is 15.7. The molecule has 10 heavy (non-hydrogen) atoms. The molecule has 0 heterocycles. The molecule has 0 aromatic heterocycles. The fourth-order valence-electron chi connectivity index (χ4n) is 0.537. The standard InChI is InChI=1S/C6H14O.C2H6.CH4/c1-3-5-6(7)4-2;1-2;/h6-7H,3-5H2,1-2H3;1-2H3;1H4. The first-order valence-electron chi connectivity index (χ1n) is 3.99. The second-order valence-electron chi connectivity index (χ2n) is 1.85. The summed E-state index contributed by atoms with van der Waals surface area (Å²) in [5, 5.41) is 8.86. The maximum absolute atomic E-state index is 8.86. The third-order valence-electron chi connectivity index (χ3n) is 1.09. The Morgan fingerprint density at radius 1 is 1.20 bits per heavy atom.